The molecule has 1 amide bonds. The summed E-state index contributed by atoms with van der Waals surface area (Å²) < 4.78 is 0. The molecule has 0 bridgehead atoms. The molecule has 1 aromatic carbocycles. The van der Waals surface area contributed by atoms with Crippen molar-refractivity contribution >= 4 is 16.8 Å². The highest BCUT2D eigenvalue weighted by Gasteiger charge is 2.29. The summed E-state index contributed by atoms with van der Waals surface area (Å²) in [5, 5.41) is 4.28. The monoisotopic (exact) mass is 284 g/mol. The van der Waals surface area contributed by atoms with Gasteiger partial charge in [0.15, 0.2) is 0 Å². The van der Waals surface area contributed by atoms with Gasteiger partial charge in [-0.2, -0.15) is 0 Å². The Bertz CT molecular complexity index is 658. The van der Waals surface area contributed by atoms with Crippen LogP contribution in [0, 0.1) is 0 Å². The lowest BCUT2D eigenvalue weighted by molar-refractivity contribution is -0.132. The molecule has 0 aliphatic carbocycles. The number of nitrogens with two attached hydrogens (primary N) is 1. The largest absolute Gasteiger partial charge is 0.339 e. The van der Waals surface area contributed by atoms with Crippen molar-refractivity contribution in [2.45, 2.75) is 25.0 Å². The van der Waals surface area contributed by atoms with Gasteiger partial charge in [-0.05, 0) is 18.6 Å². The molecule has 1 fully saturated rings. The van der Waals surface area contributed by atoms with Gasteiger partial charge in [0.1, 0.15) is 0 Å². The number of pyridine rings is 1. The number of amides is 1. The van der Waals surface area contributed by atoms with E-state index in [0.717, 1.165) is 16.6 Å². The van der Waals surface area contributed by atoms with Crippen molar-refractivity contribution < 1.29 is 4.79 Å². The molecule has 2 atom stereocenters. The van der Waals surface area contributed by atoms with E-state index in [-0.39, 0.29) is 18.0 Å². The molecule has 1 saturated heterocycles. The van der Waals surface area contributed by atoms with Gasteiger partial charge in [-0.1, -0.05) is 24.3 Å². The van der Waals surface area contributed by atoms with E-state index in [1.54, 1.807) is 4.90 Å². The smallest absolute Gasteiger partial charge is 0.239 e. The van der Waals surface area contributed by atoms with Crippen LogP contribution >= 0.6 is 0 Å². The third-order valence-corrected chi connectivity index (χ3v) is 3.89. The van der Waals surface area contributed by atoms with Crippen molar-refractivity contribution in [3.05, 3.63) is 42.1 Å². The van der Waals surface area contributed by atoms with Crippen molar-refractivity contribution in [3.63, 3.8) is 0 Å². The number of para-hydroxylation sites is 1. The summed E-state index contributed by atoms with van der Waals surface area (Å²) in [6.07, 6.45) is 0.703. The zero-order valence-electron chi connectivity index (χ0n) is 12.1. The van der Waals surface area contributed by atoms with Crippen LogP contribution in [0.3, 0.4) is 0 Å². The van der Waals surface area contributed by atoms with Gasteiger partial charge in [0.2, 0.25) is 5.91 Å². The van der Waals surface area contributed by atoms with Crippen LogP contribution in [0.1, 0.15) is 12.1 Å². The number of hydrogen-bond acceptors (Lipinski definition) is 4. The van der Waals surface area contributed by atoms with Gasteiger partial charge in [0.25, 0.3) is 0 Å². The van der Waals surface area contributed by atoms with Crippen molar-refractivity contribution in [1.29, 1.82) is 0 Å². The molecule has 0 unspecified atom stereocenters. The maximum atomic E-state index is 12.3. The first-order valence-electron chi connectivity index (χ1n) is 7.22. The predicted octanol–water partition coefficient (Wildman–Crippen LogP) is 0.882. The Morgan fingerprint density at radius 2 is 2.19 bits per heavy atom. The van der Waals surface area contributed by atoms with E-state index >= 15 is 0 Å². The van der Waals surface area contributed by atoms with Crippen molar-refractivity contribution in [1.82, 2.24) is 15.2 Å². The highest BCUT2D eigenvalue weighted by atomic mass is 16.2. The summed E-state index contributed by atoms with van der Waals surface area (Å²) in [7, 11) is 1.81. The average Bonchev–Trinajstić information content (AvgIpc) is 2.93. The zero-order chi connectivity index (χ0) is 14.8. The van der Waals surface area contributed by atoms with E-state index in [2.05, 4.69) is 10.3 Å². The van der Waals surface area contributed by atoms with Gasteiger partial charge in [-0.15, -0.1) is 0 Å². The average molecular weight is 284 g/mol. The molecule has 0 radical (unpaired) electrons. The number of carbonyl (C=O) groups excluding carboxylic acids is 1. The third kappa shape index (κ3) is 3.04. The lowest BCUT2D eigenvalue weighted by atomic mass is 10.1. The molecule has 0 saturated carbocycles. The Hall–Kier alpha value is -1.98. The number of carbonyl (C=O) groups is 1. The maximum absolute atomic E-state index is 12.3. The van der Waals surface area contributed by atoms with Crippen LogP contribution in [0.25, 0.3) is 10.9 Å². The molecular weight excluding hydrogens is 264 g/mol. The Balaban J connectivity index is 1.70. The van der Waals surface area contributed by atoms with Crippen LogP contribution < -0.4 is 11.1 Å². The van der Waals surface area contributed by atoms with E-state index < -0.39 is 0 Å². The molecule has 1 aromatic heterocycles. The topological polar surface area (TPSA) is 71.2 Å². The van der Waals surface area contributed by atoms with Crippen LogP contribution in [0.15, 0.2) is 36.4 Å². The Morgan fingerprint density at radius 3 is 2.95 bits per heavy atom. The van der Waals surface area contributed by atoms with Crippen LogP contribution in [0.2, 0.25) is 0 Å². The van der Waals surface area contributed by atoms with Crippen molar-refractivity contribution in [2.24, 2.45) is 5.73 Å². The first-order chi connectivity index (χ1) is 10.1. The number of rotatable bonds is 3. The predicted molar refractivity (Wildman–Crippen MR) is 82.6 cm³/mol. The normalized spacial score (nSPS) is 21.6. The molecule has 1 aliphatic rings. The van der Waals surface area contributed by atoms with E-state index in [1.807, 2.05) is 43.4 Å². The highest BCUT2D eigenvalue weighted by Crippen LogP contribution is 2.14. The van der Waals surface area contributed by atoms with Gasteiger partial charge < -0.3 is 16.0 Å². The maximum Gasteiger partial charge on any atom is 0.239 e. The molecule has 3 N–H and O–H groups in total. The molecule has 5 heteroatoms. The summed E-state index contributed by atoms with van der Waals surface area (Å²) >= 11 is 0. The minimum absolute atomic E-state index is 0.0751. The van der Waals surface area contributed by atoms with Gasteiger partial charge in [0, 0.05) is 25.0 Å². The van der Waals surface area contributed by atoms with Gasteiger partial charge in [-0.3, -0.25) is 9.78 Å². The van der Waals surface area contributed by atoms with Crippen LogP contribution in [-0.4, -0.2) is 41.5 Å². The Kier molecular flexibility index (Phi) is 3.86. The molecule has 5 nitrogen and oxygen atoms in total. The highest BCUT2D eigenvalue weighted by molar-refractivity contribution is 5.82. The zero-order valence-corrected chi connectivity index (χ0v) is 12.1. The molecule has 2 heterocycles. The lowest BCUT2D eigenvalue weighted by Gasteiger charge is -2.21. The van der Waals surface area contributed by atoms with E-state index in [4.69, 9.17) is 5.73 Å². The van der Waals surface area contributed by atoms with E-state index in [1.165, 1.54) is 0 Å². The summed E-state index contributed by atoms with van der Waals surface area (Å²) in [6.45, 7) is 1.22. The second kappa shape index (κ2) is 5.79. The summed E-state index contributed by atoms with van der Waals surface area (Å²) in [5.74, 6) is 0.0814. The molecule has 2 aromatic rings. The lowest BCUT2D eigenvalue weighted by Crippen LogP contribution is -2.41. The summed E-state index contributed by atoms with van der Waals surface area (Å²) in [4.78, 5) is 18.7. The number of likely N-dealkylation sites (N-methyl/N-ethyl adjacent to an activating group) is 1. The van der Waals surface area contributed by atoms with E-state index in [9.17, 15) is 4.79 Å². The minimum atomic E-state index is -0.162. The fourth-order valence-corrected chi connectivity index (χ4v) is 2.73. The SMILES string of the molecule is CN(Cc1ccc2ccccc2n1)C(=O)[C@@H]1C[C@@H](N)CN1. The van der Waals surface area contributed by atoms with E-state index in [0.29, 0.717) is 19.5 Å². The Morgan fingerprint density at radius 1 is 1.38 bits per heavy atom. The summed E-state index contributed by atoms with van der Waals surface area (Å²) in [6, 6.07) is 11.9. The fourth-order valence-electron chi connectivity index (χ4n) is 2.73. The number of hydrogen-bond donors (Lipinski definition) is 2. The second-order valence-corrected chi connectivity index (χ2v) is 5.65. The van der Waals surface area contributed by atoms with Crippen LogP contribution in [-0.2, 0) is 11.3 Å². The number of aromatic nitrogens is 1. The van der Waals surface area contributed by atoms with Crippen molar-refractivity contribution in [3.8, 4) is 0 Å². The molecule has 110 valence electrons. The number of nitrogens with zero attached hydrogens (tertiary/aromatic N) is 2. The standard InChI is InChI=1S/C16H20N4O/c1-20(16(21)15-8-12(17)9-18-15)10-13-7-6-11-4-2-3-5-14(11)19-13/h2-7,12,15,18H,8-10,17H2,1H3/t12-,15+/m1/s1. The molecule has 0 spiro atoms. The number of nitrogens with one attached hydrogen (secondary N) is 1. The fraction of sp³-hybridized carbons (Fsp3) is 0.375. The molecular formula is C16H20N4O. The molecule has 1 aliphatic heterocycles. The van der Waals surface area contributed by atoms with Gasteiger partial charge >= 0.3 is 0 Å². The van der Waals surface area contributed by atoms with Crippen LogP contribution in [0.4, 0.5) is 0 Å². The summed E-state index contributed by atoms with van der Waals surface area (Å²) in [5.41, 5.74) is 7.68. The number of fused-ring (bicyclic) bond motifs is 1. The van der Waals surface area contributed by atoms with Gasteiger partial charge in [0.05, 0.1) is 23.8 Å². The quantitative estimate of drug-likeness (QED) is 0.878. The first kappa shape index (κ1) is 14.0. The van der Waals surface area contributed by atoms with Crippen LogP contribution in [0.5, 0.6) is 0 Å². The second-order valence-electron chi connectivity index (χ2n) is 5.65. The molecule has 3 rings (SSSR count). The minimum Gasteiger partial charge on any atom is -0.339 e. The third-order valence-electron chi connectivity index (χ3n) is 3.89. The first-order valence-corrected chi connectivity index (χ1v) is 7.22. The van der Waals surface area contributed by atoms with Crippen molar-refractivity contribution in [2.75, 3.05) is 13.6 Å². The Labute approximate surface area is 124 Å². The number of benzene rings is 1. The molecule has 21 heavy (non-hydrogen) atoms. The van der Waals surface area contributed by atoms with Gasteiger partial charge in [-0.25, -0.2) is 0 Å².